The standard InChI is InChI=1S/C11H6F3NO/c12-11(13,14)9-3-1-2-8-7(6-16)4-5-15-10(8)9/h1-6H. The van der Waals surface area contributed by atoms with E-state index in [1.807, 2.05) is 0 Å². The molecule has 0 aliphatic heterocycles. The van der Waals surface area contributed by atoms with Gasteiger partial charge in [-0.3, -0.25) is 9.78 Å². The lowest BCUT2D eigenvalue weighted by atomic mass is 10.1. The van der Waals surface area contributed by atoms with Gasteiger partial charge in [-0.25, -0.2) is 0 Å². The van der Waals surface area contributed by atoms with Crippen molar-refractivity contribution >= 4 is 17.2 Å². The average Bonchev–Trinajstić information content (AvgIpc) is 2.26. The molecule has 0 aliphatic carbocycles. The Morgan fingerprint density at radius 2 is 1.94 bits per heavy atom. The van der Waals surface area contributed by atoms with Gasteiger partial charge in [-0.1, -0.05) is 12.1 Å². The Morgan fingerprint density at radius 3 is 2.56 bits per heavy atom. The second-order valence-electron chi connectivity index (χ2n) is 3.22. The van der Waals surface area contributed by atoms with Gasteiger partial charge < -0.3 is 0 Å². The van der Waals surface area contributed by atoms with Crippen LogP contribution in [0.3, 0.4) is 0 Å². The first-order valence-corrected chi connectivity index (χ1v) is 4.44. The highest BCUT2D eigenvalue weighted by atomic mass is 19.4. The van der Waals surface area contributed by atoms with Gasteiger partial charge >= 0.3 is 6.18 Å². The van der Waals surface area contributed by atoms with Gasteiger partial charge in [-0.2, -0.15) is 13.2 Å². The fraction of sp³-hybridized carbons (Fsp3) is 0.0909. The molecule has 0 spiro atoms. The molecule has 0 bridgehead atoms. The maximum atomic E-state index is 12.6. The summed E-state index contributed by atoms with van der Waals surface area (Å²) >= 11 is 0. The van der Waals surface area contributed by atoms with Crippen molar-refractivity contribution in [2.75, 3.05) is 0 Å². The Kier molecular flexibility index (Phi) is 2.38. The third-order valence-electron chi connectivity index (χ3n) is 2.24. The summed E-state index contributed by atoms with van der Waals surface area (Å²) in [5, 5.41) is 0.215. The predicted octanol–water partition coefficient (Wildman–Crippen LogP) is 3.07. The summed E-state index contributed by atoms with van der Waals surface area (Å²) in [4.78, 5) is 14.3. The molecule has 0 atom stereocenters. The van der Waals surface area contributed by atoms with E-state index >= 15 is 0 Å². The van der Waals surface area contributed by atoms with Gasteiger partial charge in [0.05, 0.1) is 11.1 Å². The highest BCUT2D eigenvalue weighted by Gasteiger charge is 2.33. The van der Waals surface area contributed by atoms with Crippen LogP contribution in [0.25, 0.3) is 10.9 Å². The summed E-state index contributed by atoms with van der Waals surface area (Å²) in [5.41, 5.74) is -0.815. The number of alkyl halides is 3. The van der Waals surface area contributed by atoms with Gasteiger partial charge in [0.2, 0.25) is 0 Å². The van der Waals surface area contributed by atoms with Crippen molar-refractivity contribution in [3.63, 3.8) is 0 Å². The van der Waals surface area contributed by atoms with E-state index < -0.39 is 11.7 Å². The number of hydrogen-bond donors (Lipinski definition) is 0. The molecule has 2 nitrogen and oxygen atoms in total. The predicted molar refractivity (Wildman–Crippen MR) is 52.1 cm³/mol. The molecule has 1 aromatic carbocycles. The molecule has 0 amide bonds. The lowest BCUT2D eigenvalue weighted by Crippen LogP contribution is -2.06. The Morgan fingerprint density at radius 1 is 1.19 bits per heavy atom. The van der Waals surface area contributed by atoms with Crippen molar-refractivity contribution in [3.8, 4) is 0 Å². The minimum absolute atomic E-state index is 0.195. The summed E-state index contributed by atoms with van der Waals surface area (Å²) < 4.78 is 37.9. The zero-order valence-corrected chi connectivity index (χ0v) is 7.95. The number of pyridine rings is 1. The van der Waals surface area contributed by atoms with E-state index in [4.69, 9.17) is 0 Å². The number of aromatic nitrogens is 1. The SMILES string of the molecule is O=Cc1ccnc2c(C(F)(F)F)cccc12. The van der Waals surface area contributed by atoms with Crippen molar-refractivity contribution < 1.29 is 18.0 Å². The topological polar surface area (TPSA) is 30.0 Å². The summed E-state index contributed by atoms with van der Waals surface area (Å²) in [6.07, 6.45) is -2.75. The zero-order chi connectivity index (χ0) is 11.8. The van der Waals surface area contributed by atoms with Crippen LogP contribution in [0.5, 0.6) is 0 Å². The highest BCUT2D eigenvalue weighted by molar-refractivity contribution is 5.97. The summed E-state index contributed by atoms with van der Waals surface area (Å²) in [6.45, 7) is 0. The Labute approximate surface area is 88.7 Å². The molecule has 0 unspecified atom stereocenters. The largest absolute Gasteiger partial charge is 0.418 e. The van der Waals surface area contributed by atoms with Crippen LogP contribution in [-0.4, -0.2) is 11.3 Å². The van der Waals surface area contributed by atoms with Crippen molar-refractivity contribution in [1.29, 1.82) is 0 Å². The molecule has 2 aromatic rings. The van der Waals surface area contributed by atoms with Crippen molar-refractivity contribution in [3.05, 3.63) is 41.6 Å². The fourth-order valence-electron chi connectivity index (χ4n) is 1.53. The van der Waals surface area contributed by atoms with Gasteiger partial charge in [0, 0.05) is 17.1 Å². The van der Waals surface area contributed by atoms with Gasteiger partial charge in [-0.05, 0) is 12.1 Å². The first-order chi connectivity index (χ1) is 7.54. The van der Waals surface area contributed by atoms with Crippen LogP contribution in [0.4, 0.5) is 13.2 Å². The molecule has 1 aromatic heterocycles. The van der Waals surface area contributed by atoms with Gasteiger partial charge in [-0.15, -0.1) is 0 Å². The zero-order valence-electron chi connectivity index (χ0n) is 7.95. The van der Waals surface area contributed by atoms with Crippen LogP contribution in [-0.2, 0) is 6.18 Å². The number of hydrogen-bond acceptors (Lipinski definition) is 2. The van der Waals surface area contributed by atoms with Crippen LogP contribution in [0.15, 0.2) is 30.5 Å². The van der Waals surface area contributed by atoms with Crippen LogP contribution < -0.4 is 0 Å². The number of para-hydroxylation sites is 1. The van der Waals surface area contributed by atoms with Gasteiger partial charge in [0.15, 0.2) is 6.29 Å². The van der Waals surface area contributed by atoms with Crippen LogP contribution >= 0.6 is 0 Å². The van der Waals surface area contributed by atoms with Crippen LogP contribution in [0.2, 0.25) is 0 Å². The minimum Gasteiger partial charge on any atom is -0.298 e. The molecule has 0 N–H and O–H groups in total. The van der Waals surface area contributed by atoms with Crippen LogP contribution in [0, 0.1) is 0 Å². The minimum atomic E-state index is -4.46. The second-order valence-corrected chi connectivity index (χ2v) is 3.22. The fourth-order valence-corrected chi connectivity index (χ4v) is 1.53. The van der Waals surface area contributed by atoms with E-state index in [1.165, 1.54) is 24.4 Å². The quantitative estimate of drug-likeness (QED) is 0.698. The maximum absolute atomic E-state index is 12.6. The molecule has 5 heteroatoms. The summed E-state index contributed by atoms with van der Waals surface area (Å²) in [7, 11) is 0. The Bertz CT molecular complexity index is 548. The summed E-state index contributed by atoms with van der Waals surface area (Å²) in [6, 6.07) is 5.04. The normalized spacial score (nSPS) is 11.7. The second kappa shape index (κ2) is 3.59. The smallest absolute Gasteiger partial charge is 0.298 e. The lowest BCUT2D eigenvalue weighted by molar-refractivity contribution is -0.136. The molecule has 0 aliphatic rings. The van der Waals surface area contributed by atoms with Gasteiger partial charge in [0.25, 0.3) is 0 Å². The number of carbonyl (C=O) groups excluding carboxylic acids is 1. The molecule has 82 valence electrons. The molecule has 16 heavy (non-hydrogen) atoms. The van der Waals surface area contributed by atoms with E-state index in [2.05, 4.69) is 4.98 Å². The molecule has 1 heterocycles. The summed E-state index contributed by atoms with van der Waals surface area (Å²) in [5.74, 6) is 0. The molecular weight excluding hydrogens is 219 g/mol. The number of rotatable bonds is 1. The van der Waals surface area contributed by atoms with Gasteiger partial charge in [0.1, 0.15) is 0 Å². The third kappa shape index (κ3) is 1.64. The van der Waals surface area contributed by atoms with E-state index in [9.17, 15) is 18.0 Å². The lowest BCUT2D eigenvalue weighted by Gasteiger charge is -2.09. The molecule has 0 radical (unpaired) electrons. The molecule has 0 fully saturated rings. The molecule has 0 saturated heterocycles. The Hall–Kier alpha value is -1.91. The van der Waals surface area contributed by atoms with E-state index in [0.29, 0.717) is 6.29 Å². The van der Waals surface area contributed by atoms with E-state index in [1.54, 1.807) is 0 Å². The highest BCUT2D eigenvalue weighted by Crippen LogP contribution is 2.34. The monoisotopic (exact) mass is 225 g/mol. The number of nitrogens with zero attached hydrogens (tertiary/aromatic N) is 1. The molecular formula is C11H6F3NO. The van der Waals surface area contributed by atoms with Crippen molar-refractivity contribution in [2.45, 2.75) is 6.18 Å². The van der Waals surface area contributed by atoms with E-state index in [0.717, 1.165) is 6.07 Å². The number of aldehydes is 1. The van der Waals surface area contributed by atoms with Crippen molar-refractivity contribution in [2.24, 2.45) is 0 Å². The van der Waals surface area contributed by atoms with E-state index in [-0.39, 0.29) is 16.5 Å². The first kappa shape index (κ1) is 10.6. The third-order valence-corrected chi connectivity index (χ3v) is 2.24. The maximum Gasteiger partial charge on any atom is 0.418 e. The van der Waals surface area contributed by atoms with Crippen molar-refractivity contribution in [1.82, 2.24) is 4.98 Å². The first-order valence-electron chi connectivity index (χ1n) is 4.44. The molecule has 0 saturated carbocycles. The average molecular weight is 225 g/mol. The number of fused-ring (bicyclic) bond motifs is 1. The number of halogens is 3. The molecule has 2 rings (SSSR count). The Balaban J connectivity index is 2.84. The number of carbonyl (C=O) groups is 1. The number of benzene rings is 1. The van der Waals surface area contributed by atoms with Crippen LogP contribution in [0.1, 0.15) is 15.9 Å².